The van der Waals surface area contributed by atoms with E-state index in [1.165, 1.54) is 23.7 Å². The molecule has 0 spiro atoms. The number of esters is 1. The maximum absolute atomic E-state index is 12.6. The van der Waals surface area contributed by atoms with Crippen molar-refractivity contribution in [3.05, 3.63) is 64.9 Å². The van der Waals surface area contributed by atoms with Crippen LogP contribution in [0.2, 0.25) is 0 Å². The molecule has 3 rings (SSSR count). The van der Waals surface area contributed by atoms with Crippen LogP contribution in [0.1, 0.15) is 23.0 Å². The van der Waals surface area contributed by atoms with Gasteiger partial charge in [-0.2, -0.15) is 5.26 Å². The van der Waals surface area contributed by atoms with Gasteiger partial charge in [-0.1, -0.05) is 12.1 Å². The number of anilines is 1. The van der Waals surface area contributed by atoms with Crippen molar-refractivity contribution in [2.75, 3.05) is 19.0 Å². The third kappa shape index (κ3) is 4.59. The minimum atomic E-state index is -0.650. The first-order valence-electron chi connectivity index (χ1n) is 8.97. The van der Waals surface area contributed by atoms with Gasteiger partial charge >= 0.3 is 5.97 Å². The third-order valence-corrected chi connectivity index (χ3v) is 4.99. The fourth-order valence-corrected chi connectivity index (χ4v) is 3.63. The lowest BCUT2D eigenvalue weighted by molar-refractivity contribution is -0.112. The number of nitrogens with zero attached hydrogens (tertiary/aromatic N) is 1. The molecule has 0 atom stereocenters. The van der Waals surface area contributed by atoms with E-state index in [4.69, 9.17) is 13.9 Å². The summed E-state index contributed by atoms with van der Waals surface area (Å²) in [5.74, 6) is -0.157. The molecular formula is C22H18N2O5S. The molecule has 1 N–H and O–H groups in total. The summed E-state index contributed by atoms with van der Waals surface area (Å²) in [4.78, 5) is 25.3. The summed E-state index contributed by atoms with van der Waals surface area (Å²) in [6.07, 6.45) is 2.77. The lowest BCUT2D eigenvalue weighted by atomic mass is 10.0. The van der Waals surface area contributed by atoms with E-state index >= 15 is 0 Å². The zero-order valence-corrected chi connectivity index (χ0v) is 17.1. The Bertz CT molecular complexity index is 1110. The fraction of sp³-hybridized carbons (Fsp3) is 0.136. The van der Waals surface area contributed by atoms with Crippen LogP contribution in [-0.4, -0.2) is 25.6 Å². The SMILES string of the molecule is CCOC(=O)c1c(-c2ccc(OC)cc2)csc1NC(=O)C(C#N)=Cc1ccco1. The molecule has 0 bridgehead atoms. The Balaban J connectivity index is 1.96. The molecule has 2 aromatic heterocycles. The van der Waals surface area contributed by atoms with Crippen molar-refractivity contribution >= 4 is 34.3 Å². The molecule has 8 heteroatoms. The van der Waals surface area contributed by atoms with Gasteiger partial charge in [-0.05, 0) is 36.8 Å². The van der Waals surface area contributed by atoms with E-state index in [-0.39, 0.29) is 17.7 Å². The molecule has 1 amide bonds. The number of benzene rings is 1. The molecule has 0 aliphatic rings. The van der Waals surface area contributed by atoms with Crippen molar-refractivity contribution in [3.8, 4) is 22.9 Å². The van der Waals surface area contributed by atoms with Crippen molar-refractivity contribution in [2.24, 2.45) is 0 Å². The summed E-state index contributed by atoms with van der Waals surface area (Å²) < 4.78 is 15.5. The summed E-state index contributed by atoms with van der Waals surface area (Å²) in [6.45, 7) is 1.89. The van der Waals surface area contributed by atoms with Gasteiger partial charge in [-0.3, -0.25) is 4.79 Å². The predicted molar refractivity (Wildman–Crippen MR) is 113 cm³/mol. The molecule has 152 valence electrons. The lowest BCUT2D eigenvalue weighted by Crippen LogP contribution is -2.16. The average molecular weight is 422 g/mol. The number of methoxy groups -OCH3 is 1. The summed E-state index contributed by atoms with van der Waals surface area (Å²) >= 11 is 1.18. The number of hydrogen-bond acceptors (Lipinski definition) is 7. The van der Waals surface area contributed by atoms with Crippen LogP contribution >= 0.6 is 11.3 Å². The molecule has 0 aliphatic heterocycles. The molecule has 0 aliphatic carbocycles. The van der Waals surface area contributed by atoms with Gasteiger partial charge in [0.25, 0.3) is 5.91 Å². The maximum atomic E-state index is 12.6. The number of amides is 1. The number of thiophene rings is 1. The normalized spacial score (nSPS) is 10.9. The zero-order chi connectivity index (χ0) is 21.5. The highest BCUT2D eigenvalue weighted by atomic mass is 32.1. The third-order valence-electron chi connectivity index (χ3n) is 4.09. The lowest BCUT2D eigenvalue weighted by Gasteiger charge is -2.09. The highest BCUT2D eigenvalue weighted by molar-refractivity contribution is 7.15. The minimum Gasteiger partial charge on any atom is -0.497 e. The van der Waals surface area contributed by atoms with E-state index < -0.39 is 11.9 Å². The first-order valence-corrected chi connectivity index (χ1v) is 9.85. The first kappa shape index (κ1) is 20.9. The van der Waals surface area contributed by atoms with Crippen molar-refractivity contribution < 1.29 is 23.5 Å². The van der Waals surface area contributed by atoms with Crippen LogP contribution < -0.4 is 10.1 Å². The number of carbonyl (C=O) groups excluding carboxylic acids is 2. The molecule has 0 saturated carbocycles. The molecule has 30 heavy (non-hydrogen) atoms. The molecule has 0 unspecified atom stereocenters. The van der Waals surface area contributed by atoms with Crippen LogP contribution in [0.5, 0.6) is 5.75 Å². The largest absolute Gasteiger partial charge is 0.497 e. The summed E-state index contributed by atoms with van der Waals surface area (Å²) in [6, 6.07) is 12.3. The number of carbonyl (C=O) groups is 2. The Morgan fingerprint density at radius 1 is 1.27 bits per heavy atom. The molecule has 7 nitrogen and oxygen atoms in total. The topological polar surface area (TPSA) is 102 Å². The van der Waals surface area contributed by atoms with E-state index in [9.17, 15) is 14.9 Å². The van der Waals surface area contributed by atoms with Crippen LogP contribution in [0.25, 0.3) is 17.2 Å². The second-order valence-corrected chi connectivity index (χ2v) is 6.82. The van der Waals surface area contributed by atoms with Crippen LogP contribution in [0.3, 0.4) is 0 Å². The molecular weight excluding hydrogens is 404 g/mol. The minimum absolute atomic E-state index is 0.154. The Labute approximate surface area is 177 Å². The number of nitrogens with one attached hydrogen (secondary N) is 1. The van der Waals surface area contributed by atoms with E-state index in [2.05, 4.69) is 5.32 Å². The van der Waals surface area contributed by atoms with Gasteiger partial charge in [0, 0.05) is 17.0 Å². The number of hydrogen-bond donors (Lipinski definition) is 1. The monoisotopic (exact) mass is 422 g/mol. The average Bonchev–Trinajstić information content (AvgIpc) is 3.42. The van der Waals surface area contributed by atoms with E-state index in [1.54, 1.807) is 43.7 Å². The van der Waals surface area contributed by atoms with Gasteiger partial charge in [0.15, 0.2) is 0 Å². The Kier molecular flexibility index (Phi) is 6.67. The van der Waals surface area contributed by atoms with Gasteiger partial charge < -0.3 is 19.2 Å². The Morgan fingerprint density at radius 2 is 2.03 bits per heavy atom. The zero-order valence-electron chi connectivity index (χ0n) is 16.3. The fourth-order valence-electron chi connectivity index (χ4n) is 2.67. The summed E-state index contributed by atoms with van der Waals surface area (Å²) in [5, 5.41) is 14.0. The van der Waals surface area contributed by atoms with Gasteiger partial charge in [0.05, 0.1) is 20.0 Å². The number of nitriles is 1. The molecule has 0 saturated heterocycles. The van der Waals surface area contributed by atoms with Gasteiger partial charge in [0.1, 0.15) is 33.7 Å². The van der Waals surface area contributed by atoms with Crippen LogP contribution in [0.4, 0.5) is 5.00 Å². The molecule has 2 heterocycles. The summed E-state index contributed by atoms with van der Waals surface area (Å²) in [7, 11) is 1.57. The van der Waals surface area contributed by atoms with Crippen molar-refractivity contribution in [3.63, 3.8) is 0 Å². The van der Waals surface area contributed by atoms with E-state index in [1.807, 2.05) is 18.2 Å². The summed E-state index contributed by atoms with van der Waals surface area (Å²) in [5.41, 5.74) is 1.46. The quantitative estimate of drug-likeness (QED) is 0.335. The second-order valence-electron chi connectivity index (χ2n) is 5.94. The highest BCUT2D eigenvalue weighted by Crippen LogP contribution is 2.37. The Hall–Kier alpha value is -3.83. The van der Waals surface area contributed by atoms with Crippen LogP contribution in [0.15, 0.2) is 58.0 Å². The van der Waals surface area contributed by atoms with Gasteiger partial charge in [-0.15, -0.1) is 11.3 Å². The first-order chi connectivity index (χ1) is 14.6. The van der Waals surface area contributed by atoms with E-state index in [0.29, 0.717) is 22.1 Å². The van der Waals surface area contributed by atoms with E-state index in [0.717, 1.165) is 5.56 Å². The van der Waals surface area contributed by atoms with Crippen LogP contribution in [-0.2, 0) is 9.53 Å². The smallest absolute Gasteiger partial charge is 0.341 e. The standard InChI is InChI=1S/C22H18N2O5S/c1-3-28-22(26)19-18(14-6-8-16(27-2)9-7-14)13-30-21(19)24-20(25)15(12-23)11-17-5-4-10-29-17/h4-11,13H,3H2,1-2H3,(H,24,25). The maximum Gasteiger partial charge on any atom is 0.341 e. The van der Waals surface area contributed by atoms with Crippen molar-refractivity contribution in [1.82, 2.24) is 0 Å². The number of furan rings is 1. The molecule has 0 fully saturated rings. The number of rotatable bonds is 7. The predicted octanol–water partition coefficient (Wildman–Crippen LogP) is 4.74. The van der Waals surface area contributed by atoms with Gasteiger partial charge in [0.2, 0.25) is 0 Å². The van der Waals surface area contributed by atoms with Crippen molar-refractivity contribution in [1.29, 1.82) is 5.26 Å². The molecule has 0 radical (unpaired) electrons. The van der Waals surface area contributed by atoms with Gasteiger partial charge in [-0.25, -0.2) is 4.79 Å². The highest BCUT2D eigenvalue weighted by Gasteiger charge is 2.24. The molecule has 1 aromatic carbocycles. The number of ether oxygens (including phenoxy) is 2. The Morgan fingerprint density at radius 3 is 2.63 bits per heavy atom. The molecule has 3 aromatic rings. The van der Waals surface area contributed by atoms with Crippen molar-refractivity contribution in [2.45, 2.75) is 6.92 Å². The van der Waals surface area contributed by atoms with Crippen LogP contribution in [0, 0.1) is 11.3 Å². The second kappa shape index (κ2) is 9.58.